The molecule has 3 aromatic carbocycles. The Labute approximate surface area is 247 Å². The summed E-state index contributed by atoms with van der Waals surface area (Å²) in [4.78, 5) is 20.6. The molecule has 3 unspecified atom stereocenters. The van der Waals surface area contributed by atoms with Crippen LogP contribution in [0.15, 0.2) is 59.1 Å². The highest BCUT2D eigenvalue weighted by Gasteiger charge is 2.40. The van der Waals surface area contributed by atoms with Crippen LogP contribution in [0.1, 0.15) is 71.0 Å². The maximum Gasteiger partial charge on any atom is 0.223 e. The first-order valence-corrected chi connectivity index (χ1v) is 15.1. The van der Waals surface area contributed by atoms with Crippen molar-refractivity contribution >= 4 is 11.5 Å². The topological polar surface area (TPSA) is 80.5 Å². The number of hydrogen-bond donors (Lipinski definition) is 1. The van der Waals surface area contributed by atoms with Crippen molar-refractivity contribution in [3.63, 3.8) is 0 Å². The number of nitrogens with one attached hydrogen (secondary N) is 1. The number of ketones is 1. The summed E-state index contributed by atoms with van der Waals surface area (Å²) in [5, 5.41) is 7.65. The lowest BCUT2D eigenvalue weighted by atomic mass is 9.83. The minimum atomic E-state index is -0.238. The van der Waals surface area contributed by atoms with Crippen molar-refractivity contribution in [2.24, 2.45) is 0 Å². The Hall–Kier alpha value is -3.97. The highest BCUT2D eigenvalue weighted by atomic mass is 16.5. The second kappa shape index (κ2) is 10.7. The van der Waals surface area contributed by atoms with Gasteiger partial charge < -0.3 is 19.5 Å². The van der Waals surface area contributed by atoms with E-state index in [2.05, 4.69) is 58.6 Å². The Balaban J connectivity index is 1.08. The Kier molecular flexibility index (Phi) is 6.85. The van der Waals surface area contributed by atoms with E-state index in [1.807, 2.05) is 30.3 Å². The van der Waals surface area contributed by atoms with Crippen LogP contribution in [0.4, 0.5) is 5.69 Å². The third-order valence-electron chi connectivity index (χ3n) is 9.83. The molecule has 0 spiro atoms. The summed E-state index contributed by atoms with van der Waals surface area (Å²) >= 11 is 0. The van der Waals surface area contributed by atoms with Gasteiger partial charge >= 0.3 is 0 Å². The summed E-state index contributed by atoms with van der Waals surface area (Å²) in [6, 6.07) is 19.7. The number of fused-ring (bicyclic) bond motifs is 3. The predicted molar refractivity (Wildman–Crippen MR) is 164 cm³/mol. The van der Waals surface area contributed by atoms with Crippen LogP contribution in [0.5, 0.6) is 5.75 Å². The van der Waals surface area contributed by atoms with Crippen molar-refractivity contribution in [3.05, 3.63) is 82.7 Å². The van der Waals surface area contributed by atoms with E-state index in [4.69, 9.17) is 9.26 Å². The van der Waals surface area contributed by atoms with Crippen molar-refractivity contribution in [2.75, 3.05) is 19.5 Å². The quantitative estimate of drug-likeness (QED) is 0.254. The molecule has 1 aromatic heterocycles. The number of rotatable bonds is 6. The van der Waals surface area contributed by atoms with Gasteiger partial charge in [0, 0.05) is 35.8 Å². The highest BCUT2D eigenvalue weighted by molar-refractivity contribution is 6.02. The van der Waals surface area contributed by atoms with Gasteiger partial charge in [-0.15, -0.1) is 0 Å². The first-order valence-electron chi connectivity index (χ1n) is 15.1. The van der Waals surface area contributed by atoms with Crippen molar-refractivity contribution in [2.45, 2.75) is 76.4 Å². The van der Waals surface area contributed by atoms with Gasteiger partial charge in [-0.25, -0.2) is 0 Å². The van der Waals surface area contributed by atoms with Gasteiger partial charge in [0.2, 0.25) is 11.7 Å². The predicted octanol–water partition coefficient (Wildman–Crippen LogP) is 6.98. The van der Waals surface area contributed by atoms with E-state index in [-0.39, 0.29) is 11.8 Å². The Morgan fingerprint density at radius 1 is 0.976 bits per heavy atom. The number of piperidine rings is 1. The zero-order valence-electron chi connectivity index (χ0n) is 24.8. The van der Waals surface area contributed by atoms with Gasteiger partial charge in [0.1, 0.15) is 5.75 Å². The molecule has 42 heavy (non-hydrogen) atoms. The van der Waals surface area contributed by atoms with Crippen LogP contribution < -0.4 is 10.1 Å². The summed E-state index contributed by atoms with van der Waals surface area (Å²) < 4.78 is 11.0. The van der Waals surface area contributed by atoms with Gasteiger partial charge in [-0.05, 0) is 104 Å². The molecule has 2 saturated heterocycles. The third-order valence-corrected chi connectivity index (χ3v) is 9.83. The normalized spacial score (nSPS) is 23.3. The molecule has 0 aliphatic carbocycles. The van der Waals surface area contributed by atoms with E-state index in [1.54, 1.807) is 14.0 Å². The number of methoxy groups -OCH3 is 1. The van der Waals surface area contributed by atoms with E-state index >= 15 is 0 Å². The van der Waals surface area contributed by atoms with Gasteiger partial charge in [0.05, 0.1) is 13.2 Å². The molecule has 0 saturated carbocycles. The number of carbonyl (C=O) groups is 1. The summed E-state index contributed by atoms with van der Waals surface area (Å²) in [6.45, 7) is 3.86. The minimum absolute atomic E-state index is 0.140. The van der Waals surface area contributed by atoms with Crippen LogP contribution in [0.25, 0.3) is 22.5 Å². The molecule has 0 amide bonds. The van der Waals surface area contributed by atoms with Crippen molar-refractivity contribution < 1.29 is 14.1 Å². The van der Waals surface area contributed by atoms with Crippen LogP contribution in [0, 0.1) is 13.8 Å². The Bertz CT molecular complexity index is 1630. The van der Waals surface area contributed by atoms with Gasteiger partial charge in [0.15, 0.2) is 5.78 Å². The number of Topliss-reactive ketones (excluding diaryl/α,β-unsaturated/α-hetero) is 1. The highest BCUT2D eigenvalue weighted by Crippen LogP contribution is 2.46. The Morgan fingerprint density at radius 3 is 2.38 bits per heavy atom. The summed E-state index contributed by atoms with van der Waals surface area (Å²) in [7, 11) is 4.06. The SMILES string of the molecule is COc1cc2c(cc1C1CC3CCC(C1)N3C)NC(C(=O)c1ccc(-c3ccc(-c4noc(C)n4)cc3C)cc1)CC2. The van der Waals surface area contributed by atoms with Crippen molar-refractivity contribution in [1.82, 2.24) is 15.0 Å². The number of benzene rings is 3. The van der Waals surface area contributed by atoms with Gasteiger partial charge in [-0.3, -0.25) is 4.79 Å². The van der Waals surface area contributed by atoms with Crippen molar-refractivity contribution in [1.29, 1.82) is 0 Å². The fourth-order valence-corrected chi connectivity index (χ4v) is 7.46. The fourth-order valence-electron chi connectivity index (χ4n) is 7.46. The number of aromatic nitrogens is 2. The number of nitrogens with zero attached hydrogens (tertiary/aromatic N) is 3. The molecule has 4 aromatic rings. The standard InChI is InChI=1S/C35H38N4O3/c1-20-15-25(35-36-21(2)42-38-35)9-13-29(20)22-5-7-23(8-6-22)34(40)31-14-10-24-18-33(41-4)30(19-32(24)37-31)26-16-27-11-12-28(17-26)39(27)3/h5-9,13,15,18-19,26-28,31,37H,10-12,14,16-17H2,1-4H3. The number of ether oxygens (including phenoxy) is 1. The molecule has 216 valence electrons. The van der Waals surface area contributed by atoms with E-state index in [0.717, 1.165) is 52.1 Å². The second-order valence-corrected chi connectivity index (χ2v) is 12.3. The average Bonchev–Trinajstić information content (AvgIpc) is 3.52. The van der Waals surface area contributed by atoms with E-state index in [9.17, 15) is 4.79 Å². The molecule has 7 nitrogen and oxygen atoms in total. The smallest absolute Gasteiger partial charge is 0.223 e. The average molecular weight is 563 g/mol. The third kappa shape index (κ3) is 4.79. The number of carbonyl (C=O) groups excluding carboxylic acids is 1. The number of aryl methyl sites for hydroxylation is 3. The molecule has 3 atom stereocenters. The van der Waals surface area contributed by atoms with Gasteiger partial charge in [0.25, 0.3) is 0 Å². The molecule has 7 rings (SSSR count). The van der Waals surface area contributed by atoms with Crippen LogP contribution >= 0.6 is 0 Å². The lowest BCUT2D eigenvalue weighted by molar-refractivity contribution is 0.0964. The lowest BCUT2D eigenvalue weighted by Gasteiger charge is -2.37. The maximum atomic E-state index is 13.7. The molecule has 3 aliphatic rings. The first-order chi connectivity index (χ1) is 20.4. The molecule has 4 heterocycles. The summed E-state index contributed by atoms with van der Waals surface area (Å²) in [6.07, 6.45) is 6.57. The zero-order chi connectivity index (χ0) is 29.0. The number of hydrogen-bond acceptors (Lipinski definition) is 7. The summed E-state index contributed by atoms with van der Waals surface area (Å²) in [5.74, 6) is 2.78. The molecule has 7 heteroatoms. The van der Waals surface area contributed by atoms with E-state index in [0.29, 0.717) is 29.7 Å². The molecular formula is C35H38N4O3. The van der Waals surface area contributed by atoms with Gasteiger partial charge in [-0.2, -0.15) is 4.98 Å². The largest absolute Gasteiger partial charge is 0.496 e. The molecule has 2 fully saturated rings. The second-order valence-electron chi connectivity index (χ2n) is 12.3. The lowest BCUT2D eigenvalue weighted by Crippen LogP contribution is -2.39. The fraction of sp³-hybridized carbons (Fsp3) is 0.400. The minimum Gasteiger partial charge on any atom is -0.496 e. The van der Waals surface area contributed by atoms with Crippen molar-refractivity contribution in [3.8, 4) is 28.3 Å². The molecule has 3 aliphatic heterocycles. The van der Waals surface area contributed by atoms with E-state index in [1.165, 1.54) is 36.8 Å². The molecule has 0 radical (unpaired) electrons. The maximum absolute atomic E-state index is 13.7. The first kappa shape index (κ1) is 26.9. The number of anilines is 1. The molecule has 2 bridgehead atoms. The van der Waals surface area contributed by atoms with Gasteiger partial charge in [-0.1, -0.05) is 41.6 Å². The Morgan fingerprint density at radius 2 is 1.71 bits per heavy atom. The summed E-state index contributed by atoms with van der Waals surface area (Å²) in [5.41, 5.74) is 8.58. The van der Waals surface area contributed by atoms with E-state index < -0.39 is 0 Å². The molecular weight excluding hydrogens is 524 g/mol. The monoisotopic (exact) mass is 562 g/mol. The van der Waals surface area contributed by atoms with Crippen LogP contribution in [0.2, 0.25) is 0 Å². The zero-order valence-corrected chi connectivity index (χ0v) is 24.8. The molecule has 1 N–H and O–H groups in total. The van der Waals surface area contributed by atoms with Crippen LogP contribution in [-0.4, -0.2) is 53.1 Å². The van der Waals surface area contributed by atoms with Crippen LogP contribution in [-0.2, 0) is 6.42 Å². The van der Waals surface area contributed by atoms with Crippen LogP contribution in [0.3, 0.4) is 0 Å².